The van der Waals surface area contributed by atoms with Gasteiger partial charge in [0.2, 0.25) is 0 Å². The predicted octanol–water partition coefficient (Wildman–Crippen LogP) is 2.59. The maximum absolute atomic E-state index is 11.1. The number of carboxylic acids is 1. The Kier molecular flexibility index (Phi) is 4.93. The number of benzene rings is 1. The van der Waals surface area contributed by atoms with E-state index >= 15 is 0 Å². The number of aromatic nitrogens is 2. The standard InChI is InChI=1S/C14H16ClN3O3/c1-8(2)12(14(19)20)16-7-11-17-13(21-18-11)9-5-3-4-6-10(9)15/h3-6,8,12,16H,7H2,1-2H3,(H,19,20). The lowest BCUT2D eigenvalue weighted by molar-refractivity contribution is -0.140. The van der Waals surface area contributed by atoms with Gasteiger partial charge in [-0.15, -0.1) is 0 Å². The molecule has 0 radical (unpaired) electrons. The second kappa shape index (κ2) is 6.69. The minimum Gasteiger partial charge on any atom is -0.480 e. The Labute approximate surface area is 127 Å². The molecule has 21 heavy (non-hydrogen) atoms. The van der Waals surface area contributed by atoms with Gasteiger partial charge >= 0.3 is 5.97 Å². The minimum atomic E-state index is -0.903. The minimum absolute atomic E-state index is 0.0440. The van der Waals surface area contributed by atoms with Crippen molar-refractivity contribution in [2.75, 3.05) is 0 Å². The van der Waals surface area contributed by atoms with Crippen LogP contribution in [0.4, 0.5) is 0 Å². The molecular formula is C14H16ClN3O3. The molecule has 1 heterocycles. The first kappa shape index (κ1) is 15.5. The van der Waals surface area contributed by atoms with Crippen LogP contribution in [0.3, 0.4) is 0 Å². The summed E-state index contributed by atoms with van der Waals surface area (Å²) in [7, 11) is 0. The number of hydrogen-bond donors (Lipinski definition) is 2. The summed E-state index contributed by atoms with van der Waals surface area (Å²) in [5.41, 5.74) is 0.650. The summed E-state index contributed by atoms with van der Waals surface area (Å²) in [6, 6.07) is 6.49. The SMILES string of the molecule is CC(C)C(NCc1noc(-c2ccccc2Cl)n1)C(=O)O. The molecule has 2 N–H and O–H groups in total. The van der Waals surface area contributed by atoms with Gasteiger partial charge in [-0.05, 0) is 18.1 Å². The molecule has 0 aliphatic heterocycles. The Morgan fingerprint density at radius 1 is 1.43 bits per heavy atom. The molecule has 0 aliphatic carbocycles. The molecule has 1 unspecified atom stereocenters. The molecule has 1 aromatic heterocycles. The zero-order valence-electron chi connectivity index (χ0n) is 11.7. The van der Waals surface area contributed by atoms with Crippen molar-refractivity contribution in [3.05, 3.63) is 35.1 Å². The Morgan fingerprint density at radius 3 is 2.76 bits per heavy atom. The topological polar surface area (TPSA) is 88.3 Å². The normalized spacial score (nSPS) is 12.6. The predicted molar refractivity (Wildman–Crippen MR) is 77.8 cm³/mol. The van der Waals surface area contributed by atoms with Crippen LogP contribution in [0.25, 0.3) is 11.5 Å². The molecule has 112 valence electrons. The van der Waals surface area contributed by atoms with Gasteiger partial charge in [-0.25, -0.2) is 0 Å². The van der Waals surface area contributed by atoms with E-state index in [9.17, 15) is 4.79 Å². The summed E-state index contributed by atoms with van der Waals surface area (Å²) in [5, 5.41) is 16.3. The van der Waals surface area contributed by atoms with Crippen molar-refractivity contribution in [1.82, 2.24) is 15.5 Å². The molecule has 0 fully saturated rings. The highest BCUT2D eigenvalue weighted by molar-refractivity contribution is 6.33. The van der Waals surface area contributed by atoms with Crippen molar-refractivity contribution in [2.45, 2.75) is 26.4 Å². The number of aliphatic carboxylic acids is 1. The highest BCUT2D eigenvalue weighted by Crippen LogP contribution is 2.25. The van der Waals surface area contributed by atoms with Crippen molar-refractivity contribution < 1.29 is 14.4 Å². The highest BCUT2D eigenvalue weighted by atomic mass is 35.5. The van der Waals surface area contributed by atoms with Crippen molar-refractivity contribution in [3.63, 3.8) is 0 Å². The van der Waals surface area contributed by atoms with Crippen molar-refractivity contribution in [1.29, 1.82) is 0 Å². The van der Waals surface area contributed by atoms with Gasteiger partial charge in [0.1, 0.15) is 6.04 Å². The van der Waals surface area contributed by atoms with Crippen LogP contribution in [-0.2, 0) is 11.3 Å². The van der Waals surface area contributed by atoms with Crippen LogP contribution >= 0.6 is 11.6 Å². The number of carbonyl (C=O) groups is 1. The molecule has 2 rings (SSSR count). The number of rotatable bonds is 6. The third-order valence-corrected chi connectivity index (χ3v) is 3.31. The van der Waals surface area contributed by atoms with E-state index in [1.165, 1.54) is 0 Å². The first-order chi connectivity index (χ1) is 9.99. The maximum atomic E-state index is 11.1. The summed E-state index contributed by atoms with van der Waals surface area (Å²) in [6.07, 6.45) is 0. The van der Waals surface area contributed by atoms with E-state index in [1.807, 2.05) is 26.0 Å². The Balaban J connectivity index is 2.07. The van der Waals surface area contributed by atoms with E-state index in [4.69, 9.17) is 21.2 Å². The zero-order chi connectivity index (χ0) is 15.4. The van der Waals surface area contributed by atoms with Crippen molar-refractivity contribution >= 4 is 17.6 Å². The van der Waals surface area contributed by atoms with E-state index in [-0.39, 0.29) is 12.5 Å². The molecule has 0 bridgehead atoms. The lowest BCUT2D eigenvalue weighted by atomic mass is 10.1. The first-order valence-electron chi connectivity index (χ1n) is 6.52. The largest absolute Gasteiger partial charge is 0.480 e. The number of halogens is 1. The molecule has 0 amide bonds. The second-order valence-electron chi connectivity index (χ2n) is 4.94. The Morgan fingerprint density at radius 2 is 2.14 bits per heavy atom. The second-order valence-corrected chi connectivity index (χ2v) is 5.34. The summed E-state index contributed by atoms with van der Waals surface area (Å²) in [4.78, 5) is 15.3. The van der Waals surface area contributed by atoms with Gasteiger partial charge in [0.25, 0.3) is 5.89 Å². The highest BCUT2D eigenvalue weighted by Gasteiger charge is 2.21. The summed E-state index contributed by atoms with van der Waals surface area (Å²) in [6.45, 7) is 3.87. The van der Waals surface area contributed by atoms with Crippen LogP contribution in [0.2, 0.25) is 5.02 Å². The van der Waals surface area contributed by atoms with Gasteiger partial charge in [-0.1, -0.05) is 42.7 Å². The van der Waals surface area contributed by atoms with Gasteiger partial charge in [-0.2, -0.15) is 4.98 Å². The van der Waals surface area contributed by atoms with Gasteiger partial charge in [0.15, 0.2) is 5.82 Å². The lowest BCUT2D eigenvalue weighted by Gasteiger charge is -2.16. The lowest BCUT2D eigenvalue weighted by Crippen LogP contribution is -2.40. The molecule has 7 heteroatoms. The van der Waals surface area contributed by atoms with E-state index in [2.05, 4.69) is 15.5 Å². The number of nitrogens with one attached hydrogen (secondary N) is 1. The fourth-order valence-corrected chi connectivity index (χ4v) is 2.10. The van der Waals surface area contributed by atoms with Crippen LogP contribution in [0, 0.1) is 5.92 Å². The molecule has 1 atom stereocenters. The summed E-state index contributed by atoms with van der Waals surface area (Å²) in [5.74, 6) is -0.247. The molecule has 1 aromatic carbocycles. The quantitative estimate of drug-likeness (QED) is 0.852. The van der Waals surface area contributed by atoms with E-state index in [0.717, 1.165) is 0 Å². The molecule has 2 aromatic rings. The molecule has 0 saturated heterocycles. The number of nitrogens with zero attached hydrogens (tertiary/aromatic N) is 2. The van der Waals surface area contributed by atoms with Gasteiger partial charge in [-0.3, -0.25) is 10.1 Å². The van der Waals surface area contributed by atoms with Crippen LogP contribution in [0.15, 0.2) is 28.8 Å². The van der Waals surface area contributed by atoms with Crippen molar-refractivity contribution in [2.24, 2.45) is 5.92 Å². The van der Waals surface area contributed by atoms with Gasteiger partial charge in [0, 0.05) is 0 Å². The smallest absolute Gasteiger partial charge is 0.320 e. The number of hydrogen-bond acceptors (Lipinski definition) is 5. The van der Waals surface area contributed by atoms with E-state index in [1.54, 1.807) is 12.1 Å². The molecule has 0 saturated carbocycles. The third kappa shape index (κ3) is 3.80. The Hall–Kier alpha value is -1.92. The van der Waals surface area contributed by atoms with Crippen LogP contribution in [-0.4, -0.2) is 27.3 Å². The molecule has 6 nitrogen and oxygen atoms in total. The monoisotopic (exact) mass is 309 g/mol. The maximum Gasteiger partial charge on any atom is 0.320 e. The zero-order valence-corrected chi connectivity index (χ0v) is 12.5. The van der Waals surface area contributed by atoms with Gasteiger partial charge < -0.3 is 9.63 Å². The average molecular weight is 310 g/mol. The van der Waals surface area contributed by atoms with Crippen molar-refractivity contribution in [3.8, 4) is 11.5 Å². The van der Waals surface area contributed by atoms with Crippen LogP contribution in [0.5, 0.6) is 0 Å². The summed E-state index contributed by atoms with van der Waals surface area (Å²) >= 11 is 6.06. The fraction of sp³-hybridized carbons (Fsp3) is 0.357. The molecule has 0 aliphatic rings. The van der Waals surface area contributed by atoms with E-state index < -0.39 is 12.0 Å². The molecule has 0 spiro atoms. The average Bonchev–Trinajstić information content (AvgIpc) is 2.87. The molecular weight excluding hydrogens is 294 g/mol. The van der Waals surface area contributed by atoms with Gasteiger partial charge in [0.05, 0.1) is 17.1 Å². The number of carboxylic acid groups (broad SMARTS) is 1. The Bertz CT molecular complexity index is 627. The van der Waals surface area contributed by atoms with Crippen LogP contribution in [0.1, 0.15) is 19.7 Å². The van der Waals surface area contributed by atoms with Crippen LogP contribution < -0.4 is 5.32 Å². The fourth-order valence-electron chi connectivity index (χ4n) is 1.88. The van der Waals surface area contributed by atoms with E-state index in [0.29, 0.717) is 22.3 Å². The first-order valence-corrected chi connectivity index (χ1v) is 6.90. The third-order valence-electron chi connectivity index (χ3n) is 2.99. The summed E-state index contributed by atoms with van der Waals surface area (Å²) < 4.78 is 5.15.